The summed E-state index contributed by atoms with van der Waals surface area (Å²) in [5.74, 6) is 0.828. The summed E-state index contributed by atoms with van der Waals surface area (Å²) in [6, 6.07) is 3.71. The number of anilines is 3. The predicted molar refractivity (Wildman–Crippen MR) is 71.8 cm³/mol. The topological polar surface area (TPSA) is 109 Å². The maximum Gasteiger partial charge on any atom is 0.228 e. The third-order valence-electron chi connectivity index (χ3n) is 3.04. The number of nitrogens with zero attached hydrogens (tertiary/aromatic N) is 2. The number of nitrogen functional groups attached to an aromatic ring is 1. The van der Waals surface area contributed by atoms with Crippen molar-refractivity contribution >= 4 is 23.0 Å². The lowest BCUT2D eigenvalue weighted by molar-refractivity contribution is -0.115. The molecule has 98 valence electrons. The average Bonchev–Trinajstić information content (AvgIpc) is 2.98. The molecule has 1 aliphatic heterocycles. The molecule has 19 heavy (non-hydrogen) atoms. The largest absolute Gasteiger partial charge is 0.397 e. The van der Waals surface area contributed by atoms with E-state index in [0.29, 0.717) is 18.7 Å². The van der Waals surface area contributed by atoms with Crippen molar-refractivity contribution in [3.8, 4) is 0 Å². The van der Waals surface area contributed by atoms with Crippen molar-refractivity contribution in [3.05, 3.63) is 29.8 Å². The number of nitrogens with one attached hydrogen (secondary N) is 3. The van der Waals surface area contributed by atoms with Crippen molar-refractivity contribution in [1.82, 2.24) is 15.2 Å². The van der Waals surface area contributed by atoms with E-state index in [1.165, 1.54) is 6.33 Å². The summed E-state index contributed by atoms with van der Waals surface area (Å²) in [4.78, 5) is 15.3. The molecule has 0 saturated heterocycles. The van der Waals surface area contributed by atoms with E-state index in [9.17, 15) is 4.79 Å². The van der Waals surface area contributed by atoms with Crippen LogP contribution in [0.5, 0.6) is 0 Å². The molecule has 1 aromatic carbocycles. The van der Waals surface area contributed by atoms with Gasteiger partial charge >= 0.3 is 0 Å². The van der Waals surface area contributed by atoms with Gasteiger partial charge in [-0.15, -0.1) is 0 Å². The molecule has 0 spiro atoms. The smallest absolute Gasteiger partial charge is 0.228 e. The molecule has 1 aliphatic rings. The first-order valence-electron chi connectivity index (χ1n) is 6.03. The lowest BCUT2D eigenvalue weighted by Gasteiger charge is -2.10. The number of hydrogen-bond acceptors (Lipinski definition) is 5. The number of amides is 1. The molecule has 0 radical (unpaired) electrons. The minimum absolute atomic E-state index is 0.00760. The number of nitrogens with two attached hydrogens (primary N) is 1. The number of carbonyl (C=O) groups is 1. The molecule has 0 aliphatic carbocycles. The molecular formula is C12H14N6O. The molecule has 3 rings (SSSR count). The third-order valence-corrected chi connectivity index (χ3v) is 3.04. The fourth-order valence-electron chi connectivity index (χ4n) is 2.11. The van der Waals surface area contributed by atoms with Crippen LogP contribution in [0.2, 0.25) is 0 Å². The number of aromatic amines is 1. The highest BCUT2D eigenvalue weighted by atomic mass is 16.1. The van der Waals surface area contributed by atoms with E-state index in [1.807, 2.05) is 12.1 Å². The van der Waals surface area contributed by atoms with E-state index >= 15 is 0 Å². The summed E-state index contributed by atoms with van der Waals surface area (Å²) in [6.45, 7) is 0.687. The van der Waals surface area contributed by atoms with Gasteiger partial charge in [-0.2, -0.15) is 5.10 Å². The van der Waals surface area contributed by atoms with Gasteiger partial charge in [0.1, 0.15) is 12.2 Å². The van der Waals surface area contributed by atoms with Crippen molar-refractivity contribution < 1.29 is 4.79 Å². The SMILES string of the molecule is Nc1cc2c(cc1NCCc1ncn[nH]1)NC(=O)C2. The zero-order chi connectivity index (χ0) is 13.2. The molecule has 2 heterocycles. The Morgan fingerprint density at radius 2 is 2.32 bits per heavy atom. The van der Waals surface area contributed by atoms with E-state index in [1.54, 1.807) is 0 Å². The average molecular weight is 258 g/mol. The Balaban J connectivity index is 1.68. The maximum atomic E-state index is 11.3. The zero-order valence-corrected chi connectivity index (χ0v) is 10.2. The van der Waals surface area contributed by atoms with Crippen LogP contribution in [0.3, 0.4) is 0 Å². The number of hydrogen-bond donors (Lipinski definition) is 4. The molecule has 0 atom stereocenters. The van der Waals surface area contributed by atoms with Gasteiger partial charge in [0.15, 0.2) is 0 Å². The van der Waals surface area contributed by atoms with Crippen molar-refractivity contribution in [2.45, 2.75) is 12.8 Å². The van der Waals surface area contributed by atoms with E-state index in [0.717, 1.165) is 29.2 Å². The van der Waals surface area contributed by atoms with Gasteiger partial charge in [-0.1, -0.05) is 0 Å². The van der Waals surface area contributed by atoms with Crippen LogP contribution >= 0.6 is 0 Å². The first kappa shape index (κ1) is 11.5. The molecule has 0 saturated carbocycles. The van der Waals surface area contributed by atoms with Crippen LogP contribution in [0.25, 0.3) is 0 Å². The standard InChI is InChI=1S/C12H14N6O/c13-8-3-7-4-12(19)17-9(7)5-10(8)14-2-1-11-15-6-16-18-11/h3,5-6,14H,1-2,4,13H2,(H,17,19)(H,15,16,18). The first-order valence-corrected chi connectivity index (χ1v) is 6.03. The Labute approximate surface area is 109 Å². The maximum absolute atomic E-state index is 11.3. The highest BCUT2D eigenvalue weighted by Crippen LogP contribution is 2.31. The highest BCUT2D eigenvalue weighted by molar-refractivity contribution is 6.00. The molecule has 0 fully saturated rings. The Morgan fingerprint density at radius 1 is 1.42 bits per heavy atom. The fourth-order valence-corrected chi connectivity index (χ4v) is 2.11. The second-order valence-electron chi connectivity index (χ2n) is 4.43. The molecule has 0 bridgehead atoms. The van der Waals surface area contributed by atoms with Gasteiger partial charge < -0.3 is 16.4 Å². The highest BCUT2D eigenvalue weighted by Gasteiger charge is 2.19. The Bertz CT molecular complexity index is 607. The van der Waals surface area contributed by atoms with Crippen molar-refractivity contribution in [3.63, 3.8) is 0 Å². The minimum atomic E-state index is 0.00760. The number of benzene rings is 1. The quantitative estimate of drug-likeness (QED) is 0.598. The van der Waals surface area contributed by atoms with Gasteiger partial charge in [0.05, 0.1) is 17.8 Å². The molecule has 7 heteroatoms. The summed E-state index contributed by atoms with van der Waals surface area (Å²) in [5.41, 5.74) is 9.21. The Kier molecular flexibility index (Phi) is 2.79. The Hall–Kier alpha value is -2.57. The van der Waals surface area contributed by atoms with E-state index in [2.05, 4.69) is 25.8 Å². The molecule has 0 unspecified atom stereocenters. The lowest BCUT2D eigenvalue weighted by Crippen LogP contribution is -2.08. The van der Waals surface area contributed by atoms with Crippen LogP contribution in [0.15, 0.2) is 18.5 Å². The van der Waals surface area contributed by atoms with E-state index in [-0.39, 0.29) is 5.91 Å². The molecule has 7 nitrogen and oxygen atoms in total. The van der Waals surface area contributed by atoms with Gasteiger partial charge in [-0.05, 0) is 17.7 Å². The molecule has 1 aromatic heterocycles. The third kappa shape index (κ3) is 2.35. The van der Waals surface area contributed by atoms with Crippen LogP contribution in [0.1, 0.15) is 11.4 Å². The van der Waals surface area contributed by atoms with Crippen LogP contribution in [0, 0.1) is 0 Å². The summed E-state index contributed by atoms with van der Waals surface area (Å²) in [7, 11) is 0. The van der Waals surface area contributed by atoms with Gasteiger partial charge in [0, 0.05) is 18.7 Å². The first-order chi connectivity index (χ1) is 9.22. The summed E-state index contributed by atoms with van der Waals surface area (Å²) < 4.78 is 0. The number of rotatable bonds is 4. The van der Waals surface area contributed by atoms with Gasteiger partial charge in [-0.25, -0.2) is 4.98 Å². The van der Waals surface area contributed by atoms with Crippen LogP contribution < -0.4 is 16.4 Å². The van der Waals surface area contributed by atoms with Gasteiger partial charge in [0.25, 0.3) is 0 Å². The number of carbonyl (C=O) groups excluding carboxylic acids is 1. The molecule has 1 amide bonds. The lowest BCUT2D eigenvalue weighted by atomic mass is 10.1. The van der Waals surface area contributed by atoms with E-state index < -0.39 is 0 Å². The minimum Gasteiger partial charge on any atom is -0.397 e. The van der Waals surface area contributed by atoms with E-state index in [4.69, 9.17) is 5.73 Å². The molecule has 2 aromatic rings. The number of fused-ring (bicyclic) bond motifs is 1. The number of H-pyrrole nitrogens is 1. The van der Waals surface area contributed by atoms with Crippen LogP contribution in [-0.4, -0.2) is 27.6 Å². The van der Waals surface area contributed by atoms with Crippen LogP contribution in [0.4, 0.5) is 17.1 Å². The van der Waals surface area contributed by atoms with Crippen molar-refractivity contribution in [2.75, 3.05) is 22.9 Å². The fraction of sp³-hybridized carbons (Fsp3) is 0.250. The molecule has 5 N–H and O–H groups in total. The second kappa shape index (κ2) is 4.60. The van der Waals surface area contributed by atoms with Crippen molar-refractivity contribution in [1.29, 1.82) is 0 Å². The normalized spacial score (nSPS) is 13.2. The van der Waals surface area contributed by atoms with Gasteiger partial charge in [0.2, 0.25) is 5.91 Å². The van der Waals surface area contributed by atoms with Crippen LogP contribution in [-0.2, 0) is 17.6 Å². The summed E-state index contributed by atoms with van der Waals surface area (Å²) in [6.07, 6.45) is 2.61. The molecular weight excluding hydrogens is 244 g/mol. The summed E-state index contributed by atoms with van der Waals surface area (Å²) in [5, 5.41) is 12.6. The summed E-state index contributed by atoms with van der Waals surface area (Å²) >= 11 is 0. The zero-order valence-electron chi connectivity index (χ0n) is 10.2. The predicted octanol–water partition coefficient (Wildman–Crippen LogP) is 0.536. The Morgan fingerprint density at radius 3 is 3.11 bits per heavy atom. The van der Waals surface area contributed by atoms with Gasteiger partial charge in [-0.3, -0.25) is 9.89 Å². The second-order valence-corrected chi connectivity index (χ2v) is 4.43. The monoisotopic (exact) mass is 258 g/mol. The van der Waals surface area contributed by atoms with Crippen molar-refractivity contribution in [2.24, 2.45) is 0 Å². The number of aromatic nitrogens is 3.